The summed E-state index contributed by atoms with van der Waals surface area (Å²) in [5.74, 6) is 17.1. The molecule has 0 N–H and O–H groups in total. The Balaban J connectivity index is 0.766. The van der Waals surface area contributed by atoms with Crippen molar-refractivity contribution < 1.29 is 0 Å². The SMILES string of the molecule is CC1(C)C2CCCCC2C2CCC(N(C3CCC(N(C4CCC5C(CC6CCCCC65)C4)C4CCC5C6CCCCC6C(C)(C)C5C4)CC3)C3CCC4C(CC5CCCCC54)C3)CC21. The summed E-state index contributed by atoms with van der Waals surface area (Å²) >= 11 is 0. The van der Waals surface area contributed by atoms with Crippen LogP contribution < -0.4 is 0 Å². The summed E-state index contributed by atoms with van der Waals surface area (Å²) in [6.07, 6.45) is 53.2. The highest BCUT2D eigenvalue weighted by molar-refractivity contribution is 5.11. The lowest BCUT2D eigenvalue weighted by atomic mass is 9.66. The van der Waals surface area contributed by atoms with Gasteiger partial charge >= 0.3 is 0 Å². The Labute approximate surface area is 395 Å². The van der Waals surface area contributed by atoms with E-state index in [9.17, 15) is 0 Å². The van der Waals surface area contributed by atoms with E-state index in [4.69, 9.17) is 0 Å². The van der Waals surface area contributed by atoms with Crippen molar-refractivity contribution in [3.63, 3.8) is 0 Å². The van der Waals surface area contributed by atoms with E-state index < -0.39 is 0 Å². The predicted octanol–water partition coefficient (Wildman–Crippen LogP) is 16.2. The third kappa shape index (κ3) is 7.26. The second-order valence-electron chi connectivity index (χ2n) is 29.3. The summed E-state index contributed by atoms with van der Waals surface area (Å²) in [5, 5.41) is 0. The van der Waals surface area contributed by atoms with Gasteiger partial charge in [0, 0.05) is 36.3 Å². The maximum absolute atomic E-state index is 3.48. The molecule has 0 saturated heterocycles. The summed E-state index contributed by atoms with van der Waals surface area (Å²) in [5.41, 5.74) is 1.13. The molecule has 0 heterocycles. The first-order valence-electron chi connectivity index (χ1n) is 30.8. The first-order chi connectivity index (χ1) is 31.2. The fraction of sp³-hybridized carbons (Fsp3) is 1.00. The molecule has 0 spiro atoms. The Bertz CT molecular complexity index is 1500. The number of hydrogen-bond acceptors (Lipinski definition) is 2. The van der Waals surface area contributed by atoms with Crippen molar-refractivity contribution in [3.05, 3.63) is 0 Å². The van der Waals surface area contributed by atoms with Gasteiger partial charge in [0.25, 0.3) is 0 Å². The number of nitrogens with zero attached hydrogens (tertiary/aromatic N) is 2. The quantitative estimate of drug-likeness (QED) is 0.262. The van der Waals surface area contributed by atoms with Crippen LogP contribution in [0.4, 0.5) is 0 Å². The molecule has 0 bridgehead atoms. The zero-order valence-electron chi connectivity index (χ0n) is 42.6. The van der Waals surface area contributed by atoms with Crippen molar-refractivity contribution in [1.82, 2.24) is 9.80 Å². The molecule has 20 atom stereocenters. The minimum absolute atomic E-state index is 0.567. The van der Waals surface area contributed by atoms with E-state index in [1.165, 1.54) is 51.4 Å². The Kier molecular flexibility index (Phi) is 11.9. The third-order valence-electron chi connectivity index (χ3n) is 26.8. The third-order valence-corrected chi connectivity index (χ3v) is 26.8. The van der Waals surface area contributed by atoms with Gasteiger partial charge in [0.15, 0.2) is 0 Å². The fourth-order valence-electron chi connectivity index (χ4n) is 24.5. The van der Waals surface area contributed by atoms with E-state index in [-0.39, 0.29) is 0 Å². The lowest BCUT2D eigenvalue weighted by Gasteiger charge is -2.55. The zero-order valence-corrected chi connectivity index (χ0v) is 42.6. The lowest BCUT2D eigenvalue weighted by molar-refractivity contribution is -0.0530. The highest BCUT2D eigenvalue weighted by atomic mass is 15.2. The van der Waals surface area contributed by atoms with Crippen LogP contribution in [0, 0.1) is 106 Å². The maximum Gasteiger partial charge on any atom is 0.0104 e. The first-order valence-corrected chi connectivity index (χ1v) is 30.8. The molecule has 0 aromatic heterocycles. The van der Waals surface area contributed by atoms with Crippen LogP contribution in [-0.2, 0) is 0 Å². The van der Waals surface area contributed by atoms with Crippen LogP contribution in [0.1, 0.15) is 246 Å². The maximum atomic E-state index is 3.48. The van der Waals surface area contributed by atoms with Crippen molar-refractivity contribution in [2.45, 2.75) is 282 Å². The largest absolute Gasteiger partial charge is 0.294 e. The second-order valence-corrected chi connectivity index (χ2v) is 29.3. The molecule has 0 aromatic carbocycles. The van der Waals surface area contributed by atoms with Crippen molar-refractivity contribution in [2.24, 2.45) is 106 Å². The summed E-state index contributed by atoms with van der Waals surface area (Å²) in [7, 11) is 0. The van der Waals surface area contributed by atoms with Crippen molar-refractivity contribution >= 4 is 0 Å². The summed E-state index contributed by atoms with van der Waals surface area (Å²) in [4.78, 5) is 6.96. The minimum Gasteiger partial charge on any atom is -0.294 e. The van der Waals surface area contributed by atoms with Gasteiger partial charge in [-0.25, -0.2) is 0 Å². The van der Waals surface area contributed by atoms with Crippen molar-refractivity contribution in [3.8, 4) is 0 Å². The van der Waals surface area contributed by atoms with E-state index >= 15 is 0 Å². The molecule has 13 aliphatic rings. The van der Waals surface area contributed by atoms with Crippen LogP contribution in [-0.4, -0.2) is 46.1 Å². The number of hydrogen-bond donors (Lipinski definition) is 0. The van der Waals surface area contributed by atoms with Gasteiger partial charge in [0.1, 0.15) is 0 Å². The first kappa shape index (κ1) is 43.9. The van der Waals surface area contributed by atoms with E-state index in [1.54, 1.807) is 167 Å². The van der Waals surface area contributed by atoms with Crippen molar-refractivity contribution in [1.29, 1.82) is 0 Å². The number of rotatable bonds is 6. The molecule has 13 saturated carbocycles. The smallest absolute Gasteiger partial charge is 0.0104 e. The van der Waals surface area contributed by atoms with Gasteiger partial charge in [-0.2, -0.15) is 0 Å². The van der Waals surface area contributed by atoms with Crippen LogP contribution in [0.2, 0.25) is 0 Å². The van der Waals surface area contributed by atoms with E-state index in [0.717, 1.165) is 131 Å². The molecular formula is C62H102N2. The summed E-state index contributed by atoms with van der Waals surface area (Å²) < 4.78 is 0. The van der Waals surface area contributed by atoms with E-state index in [2.05, 4.69) is 37.5 Å². The molecule has 13 fully saturated rings. The molecule has 64 heavy (non-hydrogen) atoms. The Morgan fingerprint density at radius 1 is 0.234 bits per heavy atom. The Morgan fingerprint density at radius 2 is 0.531 bits per heavy atom. The zero-order chi connectivity index (χ0) is 42.9. The van der Waals surface area contributed by atoms with Crippen LogP contribution in [0.3, 0.4) is 0 Å². The Morgan fingerprint density at radius 3 is 0.953 bits per heavy atom. The molecule has 360 valence electrons. The minimum atomic E-state index is 0.567. The summed E-state index contributed by atoms with van der Waals surface area (Å²) in [6.45, 7) is 11.2. The van der Waals surface area contributed by atoms with Gasteiger partial charge in [0.05, 0.1) is 0 Å². The van der Waals surface area contributed by atoms with Gasteiger partial charge in [-0.1, -0.05) is 91.9 Å². The number of fused-ring (bicyclic) bond motifs is 12. The molecule has 13 aliphatic carbocycles. The molecule has 20 unspecified atom stereocenters. The van der Waals surface area contributed by atoms with Crippen LogP contribution in [0.15, 0.2) is 0 Å². The standard InChI is InChI=1S/C62H102N2/c1-61(2)57-19-11-9-17-53(57)55-31-27-47(37-59(55)61)63(45-25-29-51-41(35-45)33-39-13-5-7-15-49(39)51)43-21-23-44(24-22-43)64(46-26-30-52-42(36-46)34-40-14-6-8-16-50(40)52)48-28-32-56-54-18-10-12-20-58(54)62(3,4)60(56)38-48/h39-60H,5-38H2,1-4H3. The molecule has 2 heteroatoms. The van der Waals surface area contributed by atoms with Gasteiger partial charge in [-0.3, -0.25) is 9.80 Å². The monoisotopic (exact) mass is 875 g/mol. The van der Waals surface area contributed by atoms with Crippen LogP contribution >= 0.6 is 0 Å². The molecule has 0 aromatic rings. The molecule has 0 radical (unpaired) electrons. The Hall–Kier alpha value is -0.0800. The fourth-order valence-corrected chi connectivity index (χ4v) is 24.5. The lowest BCUT2D eigenvalue weighted by Crippen LogP contribution is -2.58. The molecule has 2 nitrogen and oxygen atoms in total. The van der Waals surface area contributed by atoms with Gasteiger partial charge < -0.3 is 0 Å². The highest BCUT2D eigenvalue weighted by Crippen LogP contribution is 2.66. The molecule has 0 aliphatic heterocycles. The molecular weight excluding hydrogens is 773 g/mol. The normalized spacial score (nSPS) is 53.9. The predicted molar refractivity (Wildman–Crippen MR) is 267 cm³/mol. The average Bonchev–Trinajstić information content (AvgIpc) is 4.02. The average molecular weight is 876 g/mol. The van der Waals surface area contributed by atoms with E-state index in [0.29, 0.717) is 10.8 Å². The molecule has 13 rings (SSSR count). The van der Waals surface area contributed by atoms with Crippen molar-refractivity contribution in [2.75, 3.05) is 0 Å². The second kappa shape index (κ2) is 17.3. The van der Waals surface area contributed by atoms with Gasteiger partial charge in [-0.15, -0.1) is 0 Å². The van der Waals surface area contributed by atoms with Crippen LogP contribution in [0.25, 0.3) is 0 Å². The van der Waals surface area contributed by atoms with Crippen LogP contribution in [0.5, 0.6) is 0 Å². The summed E-state index contributed by atoms with van der Waals surface area (Å²) in [6, 6.07) is 5.31. The van der Waals surface area contributed by atoms with Gasteiger partial charge in [0.2, 0.25) is 0 Å². The van der Waals surface area contributed by atoms with E-state index in [1.807, 2.05) is 0 Å². The van der Waals surface area contributed by atoms with Gasteiger partial charge in [-0.05, 0) is 260 Å². The topological polar surface area (TPSA) is 6.48 Å². The highest BCUT2D eigenvalue weighted by Gasteiger charge is 2.60. The molecule has 0 amide bonds.